The molecule has 0 amide bonds. The number of aromatic nitrogens is 2. The van der Waals surface area contributed by atoms with E-state index in [1.807, 2.05) is 13.0 Å². The highest BCUT2D eigenvalue weighted by atomic mass is 16.5. The van der Waals surface area contributed by atoms with Crippen molar-refractivity contribution in [3.8, 4) is 0 Å². The van der Waals surface area contributed by atoms with Crippen molar-refractivity contribution in [2.24, 2.45) is 0 Å². The molecular weight excluding hydrogens is 254 g/mol. The number of rotatable bonds is 9. The van der Waals surface area contributed by atoms with Gasteiger partial charge in [0, 0.05) is 18.3 Å². The predicted octanol–water partition coefficient (Wildman–Crippen LogP) is 3.34. The second-order valence-corrected chi connectivity index (χ2v) is 4.90. The molecule has 5 heteroatoms. The summed E-state index contributed by atoms with van der Waals surface area (Å²) < 4.78 is 4.64. The molecule has 1 heterocycles. The van der Waals surface area contributed by atoms with Gasteiger partial charge in [0.1, 0.15) is 5.82 Å². The fourth-order valence-electron chi connectivity index (χ4n) is 1.96. The Morgan fingerprint density at radius 1 is 1.20 bits per heavy atom. The molecule has 112 valence electrons. The minimum atomic E-state index is -0.503. The van der Waals surface area contributed by atoms with E-state index in [0.29, 0.717) is 5.82 Å². The van der Waals surface area contributed by atoms with Crippen LogP contribution in [0.1, 0.15) is 61.8 Å². The maximum absolute atomic E-state index is 11.4. The zero-order valence-electron chi connectivity index (χ0n) is 12.7. The van der Waals surface area contributed by atoms with E-state index < -0.39 is 5.97 Å². The highest BCUT2D eigenvalue weighted by Gasteiger charge is 2.10. The average Bonchev–Trinajstić information content (AvgIpc) is 2.45. The Hall–Kier alpha value is -1.65. The minimum Gasteiger partial charge on any atom is -0.463 e. The molecule has 0 fully saturated rings. The van der Waals surface area contributed by atoms with Gasteiger partial charge in [-0.3, -0.25) is 0 Å². The molecule has 5 nitrogen and oxygen atoms in total. The number of anilines is 1. The van der Waals surface area contributed by atoms with E-state index in [9.17, 15) is 4.79 Å². The van der Waals surface area contributed by atoms with Crippen molar-refractivity contribution in [3.63, 3.8) is 0 Å². The molecule has 0 aromatic carbocycles. The normalized spacial score (nSPS) is 10.3. The van der Waals surface area contributed by atoms with Gasteiger partial charge in [-0.25, -0.2) is 14.8 Å². The molecule has 0 aliphatic heterocycles. The number of aryl methyl sites for hydroxylation is 1. The van der Waals surface area contributed by atoms with Crippen molar-refractivity contribution in [2.75, 3.05) is 19.0 Å². The summed E-state index contributed by atoms with van der Waals surface area (Å²) in [5.41, 5.74) is 0.755. The van der Waals surface area contributed by atoms with Crippen LogP contribution in [-0.4, -0.2) is 29.6 Å². The van der Waals surface area contributed by atoms with Crippen LogP contribution >= 0.6 is 0 Å². The van der Waals surface area contributed by atoms with Gasteiger partial charge >= 0.3 is 5.97 Å². The zero-order valence-corrected chi connectivity index (χ0v) is 12.7. The summed E-state index contributed by atoms with van der Waals surface area (Å²) >= 11 is 0. The molecule has 20 heavy (non-hydrogen) atoms. The average molecular weight is 279 g/mol. The summed E-state index contributed by atoms with van der Waals surface area (Å²) in [7, 11) is 1.33. The zero-order chi connectivity index (χ0) is 14.8. The van der Waals surface area contributed by atoms with Crippen LogP contribution in [0.5, 0.6) is 0 Å². The molecule has 0 saturated heterocycles. The van der Waals surface area contributed by atoms with E-state index in [0.717, 1.165) is 18.7 Å². The Labute approximate surface area is 121 Å². The molecule has 1 aromatic heterocycles. The maximum atomic E-state index is 11.4. The third-order valence-corrected chi connectivity index (χ3v) is 3.06. The smallest absolute Gasteiger partial charge is 0.376 e. The van der Waals surface area contributed by atoms with Crippen molar-refractivity contribution < 1.29 is 9.53 Å². The second kappa shape index (κ2) is 9.28. The van der Waals surface area contributed by atoms with Crippen LogP contribution in [0, 0.1) is 6.92 Å². The Morgan fingerprint density at radius 3 is 2.60 bits per heavy atom. The summed E-state index contributed by atoms with van der Waals surface area (Å²) in [6.45, 7) is 4.92. The third kappa shape index (κ3) is 5.99. The van der Waals surface area contributed by atoms with Gasteiger partial charge in [-0.1, -0.05) is 39.0 Å². The van der Waals surface area contributed by atoms with Gasteiger partial charge in [0.15, 0.2) is 0 Å². The highest BCUT2D eigenvalue weighted by molar-refractivity contribution is 5.85. The van der Waals surface area contributed by atoms with Crippen molar-refractivity contribution in [2.45, 2.75) is 52.4 Å². The SMILES string of the molecule is CCCCCCCCNc1cc(C)nc(C(=O)OC)n1. The van der Waals surface area contributed by atoms with Crippen LogP contribution in [-0.2, 0) is 4.74 Å². The number of nitrogens with zero attached hydrogens (tertiary/aromatic N) is 2. The molecule has 0 spiro atoms. The number of ether oxygens (including phenoxy) is 1. The Balaban J connectivity index is 2.36. The molecule has 1 aromatic rings. The first-order chi connectivity index (χ1) is 9.67. The largest absolute Gasteiger partial charge is 0.463 e. The quantitative estimate of drug-likeness (QED) is 0.555. The molecule has 0 atom stereocenters. The van der Waals surface area contributed by atoms with Crippen molar-refractivity contribution in [1.82, 2.24) is 9.97 Å². The number of hydrogen-bond acceptors (Lipinski definition) is 5. The van der Waals surface area contributed by atoms with Crippen LogP contribution in [0.4, 0.5) is 5.82 Å². The second-order valence-electron chi connectivity index (χ2n) is 4.90. The number of methoxy groups -OCH3 is 1. The fraction of sp³-hybridized carbons (Fsp3) is 0.667. The lowest BCUT2D eigenvalue weighted by atomic mass is 10.1. The molecule has 1 rings (SSSR count). The van der Waals surface area contributed by atoms with Gasteiger partial charge in [-0.2, -0.15) is 0 Å². The van der Waals surface area contributed by atoms with Crippen LogP contribution in [0.25, 0.3) is 0 Å². The van der Waals surface area contributed by atoms with Crippen molar-refractivity contribution >= 4 is 11.8 Å². The molecule has 0 radical (unpaired) electrons. The van der Waals surface area contributed by atoms with Crippen LogP contribution in [0.15, 0.2) is 6.07 Å². The molecule has 0 saturated carbocycles. The first-order valence-electron chi connectivity index (χ1n) is 7.35. The summed E-state index contributed by atoms with van der Waals surface area (Å²) in [6, 6.07) is 1.84. The van der Waals surface area contributed by atoms with Gasteiger partial charge in [0.25, 0.3) is 0 Å². The van der Waals surface area contributed by atoms with Gasteiger partial charge in [0.2, 0.25) is 5.82 Å². The predicted molar refractivity (Wildman–Crippen MR) is 80.0 cm³/mol. The van der Waals surface area contributed by atoms with Gasteiger partial charge in [-0.05, 0) is 13.3 Å². The molecule has 0 aliphatic rings. The number of unbranched alkanes of at least 4 members (excludes halogenated alkanes) is 5. The lowest BCUT2D eigenvalue weighted by Crippen LogP contribution is -2.12. The molecule has 0 unspecified atom stereocenters. The lowest BCUT2D eigenvalue weighted by molar-refractivity contribution is 0.0586. The highest BCUT2D eigenvalue weighted by Crippen LogP contribution is 2.09. The van der Waals surface area contributed by atoms with Gasteiger partial charge < -0.3 is 10.1 Å². The number of nitrogens with one attached hydrogen (secondary N) is 1. The molecule has 1 N–H and O–H groups in total. The number of esters is 1. The van der Waals surface area contributed by atoms with E-state index in [1.54, 1.807) is 0 Å². The number of carbonyl (C=O) groups is 1. The lowest BCUT2D eigenvalue weighted by Gasteiger charge is -2.07. The van der Waals surface area contributed by atoms with E-state index in [1.165, 1.54) is 39.2 Å². The van der Waals surface area contributed by atoms with Gasteiger partial charge in [0.05, 0.1) is 7.11 Å². The Bertz CT molecular complexity index is 422. The number of carbonyl (C=O) groups excluding carboxylic acids is 1. The van der Waals surface area contributed by atoms with E-state index in [2.05, 4.69) is 26.9 Å². The van der Waals surface area contributed by atoms with E-state index >= 15 is 0 Å². The minimum absolute atomic E-state index is 0.109. The van der Waals surface area contributed by atoms with E-state index in [4.69, 9.17) is 0 Å². The van der Waals surface area contributed by atoms with Crippen LogP contribution in [0.2, 0.25) is 0 Å². The van der Waals surface area contributed by atoms with E-state index in [-0.39, 0.29) is 5.82 Å². The van der Waals surface area contributed by atoms with Crippen molar-refractivity contribution in [1.29, 1.82) is 0 Å². The fourth-order valence-corrected chi connectivity index (χ4v) is 1.96. The summed E-state index contributed by atoms with van der Waals surface area (Å²) in [4.78, 5) is 19.6. The molecular formula is C15H25N3O2. The number of hydrogen-bond donors (Lipinski definition) is 1. The summed E-state index contributed by atoms with van der Waals surface area (Å²) in [5, 5.41) is 3.24. The summed E-state index contributed by atoms with van der Waals surface area (Å²) in [5.74, 6) is 0.292. The standard InChI is InChI=1S/C15H25N3O2/c1-4-5-6-7-8-9-10-16-13-11-12(2)17-14(18-13)15(19)20-3/h11H,4-10H2,1-3H3,(H,16,17,18). The first-order valence-corrected chi connectivity index (χ1v) is 7.35. The molecule has 0 aliphatic carbocycles. The third-order valence-electron chi connectivity index (χ3n) is 3.06. The van der Waals surface area contributed by atoms with Crippen LogP contribution in [0.3, 0.4) is 0 Å². The summed E-state index contributed by atoms with van der Waals surface area (Å²) in [6.07, 6.45) is 7.53. The van der Waals surface area contributed by atoms with Crippen LogP contribution < -0.4 is 5.32 Å². The monoisotopic (exact) mass is 279 g/mol. The topological polar surface area (TPSA) is 64.1 Å². The Morgan fingerprint density at radius 2 is 1.90 bits per heavy atom. The molecule has 0 bridgehead atoms. The first kappa shape index (κ1) is 16.4. The Kier molecular flexibility index (Phi) is 7.62. The maximum Gasteiger partial charge on any atom is 0.376 e. The van der Waals surface area contributed by atoms with Gasteiger partial charge in [-0.15, -0.1) is 0 Å². The van der Waals surface area contributed by atoms with Crippen molar-refractivity contribution in [3.05, 3.63) is 17.6 Å².